The smallest absolute Gasteiger partial charge is 0.235 e. The van der Waals surface area contributed by atoms with Crippen LogP contribution >= 0.6 is 0 Å². The zero-order valence-corrected chi connectivity index (χ0v) is 9.94. The summed E-state index contributed by atoms with van der Waals surface area (Å²) in [6, 6.07) is 5.53. The van der Waals surface area contributed by atoms with E-state index in [1.807, 2.05) is 12.1 Å². The monoisotopic (exact) mass is 237 g/mol. The summed E-state index contributed by atoms with van der Waals surface area (Å²) in [5.74, 6) is 0.0423. The Bertz CT molecular complexity index is 556. The normalized spacial score (nSPS) is 20.4. The first-order valence-corrected chi connectivity index (χ1v) is 6.02. The van der Waals surface area contributed by atoms with Gasteiger partial charge in [-0.05, 0) is 24.5 Å². The molecule has 2 aliphatic heterocycles. The van der Waals surface area contributed by atoms with Gasteiger partial charge in [0.25, 0.3) is 0 Å². The van der Waals surface area contributed by atoms with Crippen molar-refractivity contribution >= 4 is 24.9 Å². The Balaban J connectivity index is 2.01. The zero-order chi connectivity index (χ0) is 12.8. The molecule has 1 N–H and O–H groups in total. The van der Waals surface area contributed by atoms with Crippen LogP contribution in [0.15, 0.2) is 18.2 Å². The second-order valence-electron chi connectivity index (χ2n) is 4.93. The summed E-state index contributed by atoms with van der Waals surface area (Å²) < 4.78 is 0. The molecule has 0 atom stereocenters. The number of carbonyl (C=O) groups excluding carboxylic acids is 1. The van der Waals surface area contributed by atoms with E-state index in [2.05, 4.69) is 11.5 Å². The molecule has 1 fully saturated rings. The highest BCUT2D eigenvalue weighted by atomic mass is 16.2. The van der Waals surface area contributed by atoms with E-state index in [4.69, 9.17) is 13.1 Å². The third-order valence-corrected chi connectivity index (χ3v) is 4.00. The Morgan fingerprint density at radius 3 is 2.78 bits per heavy atom. The molecule has 1 saturated heterocycles. The lowest BCUT2D eigenvalue weighted by Crippen LogP contribution is -2.45. The second-order valence-corrected chi connectivity index (χ2v) is 4.93. The minimum absolute atomic E-state index is 0.0423. The fourth-order valence-electron chi connectivity index (χ4n) is 2.92. The molecule has 4 nitrogen and oxygen atoms in total. The lowest BCUT2D eigenvalue weighted by molar-refractivity contribution is -0.122. The van der Waals surface area contributed by atoms with Crippen LogP contribution in [0.4, 0.5) is 5.69 Å². The van der Waals surface area contributed by atoms with Crippen molar-refractivity contribution in [3.05, 3.63) is 23.8 Å². The third-order valence-electron chi connectivity index (χ3n) is 4.00. The molecule has 2 heterocycles. The van der Waals surface area contributed by atoms with E-state index in [1.165, 1.54) is 0 Å². The number of rotatable bonds is 0. The van der Waals surface area contributed by atoms with Gasteiger partial charge in [0.1, 0.15) is 7.85 Å². The molecule has 88 valence electrons. The van der Waals surface area contributed by atoms with Gasteiger partial charge in [0.05, 0.1) is 5.41 Å². The number of nitrogens with one attached hydrogen (secondary N) is 1. The van der Waals surface area contributed by atoms with E-state index in [0.29, 0.717) is 31.4 Å². The number of hydrogen-bond acceptors (Lipinski definition) is 3. The van der Waals surface area contributed by atoms with Crippen molar-refractivity contribution in [2.24, 2.45) is 0 Å². The number of amides is 1. The van der Waals surface area contributed by atoms with E-state index in [1.54, 1.807) is 11.0 Å². The molecular formula is C13H12BN3O. The summed E-state index contributed by atoms with van der Waals surface area (Å²) in [6.07, 6.45) is 3.48. The maximum atomic E-state index is 12.3. The minimum atomic E-state index is -0.488. The van der Waals surface area contributed by atoms with Crippen LogP contribution in [-0.4, -0.2) is 31.7 Å². The van der Waals surface area contributed by atoms with Crippen LogP contribution in [0.2, 0.25) is 0 Å². The van der Waals surface area contributed by atoms with Gasteiger partial charge in [-0.25, -0.2) is 0 Å². The molecule has 5 heteroatoms. The van der Waals surface area contributed by atoms with Gasteiger partial charge in [0, 0.05) is 18.8 Å². The highest BCUT2D eigenvalue weighted by Crippen LogP contribution is 2.44. The number of anilines is 1. The predicted octanol–water partition coefficient (Wildman–Crippen LogP) is 0.247. The standard InChI is InChI=1S/C13H12BN3O/c14-9-1-2-11-10(7-9)13(12(18)16-11)3-5-17(8-15)6-4-13/h1-2,7H,3-6H2,(H,16,18). The van der Waals surface area contributed by atoms with Crippen LogP contribution in [0, 0.1) is 11.5 Å². The molecule has 1 aromatic carbocycles. The van der Waals surface area contributed by atoms with Crippen LogP contribution in [0.5, 0.6) is 0 Å². The van der Waals surface area contributed by atoms with Gasteiger partial charge in [-0.1, -0.05) is 17.6 Å². The number of hydrogen-bond donors (Lipinski definition) is 1. The number of likely N-dealkylation sites (tertiary alicyclic amines) is 1. The highest BCUT2D eigenvalue weighted by Gasteiger charge is 2.48. The Morgan fingerprint density at radius 2 is 2.11 bits per heavy atom. The molecule has 0 aromatic heterocycles. The molecule has 2 radical (unpaired) electrons. The van der Waals surface area contributed by atoms with Crippen molar-refractivity contribution in [1.82, 2.24) is 4.90 Å². The largest absolute Gasteiger partial charge is 0.325 e. The fraction of sp³-hybridized carbons (Fsp3) is 0.385. The number of benzene rings is 1. The number of fused-ring (bicyclic) bond motifs is 2. The van der Waals surface area contributed by atoms with Crippen molar-refractivity contribution in [2.75, 3.05) is 18.4 Å². The molecule has 0 aliphatic carbocycles. The van der Waals surface area contributed by atoms with Crippen molar-refractivity contribution in [2.45, 2.75) is 18.3 Å². The van der Waals surface area contributed by atoms with E-state index < -0.39 is 5.41 Å². The van der Waals surface area contributed by atoms with Crippen LogP contribution in [0.3, 0.4) is 0 Å². The van der Waals surface area contributed by atoms with Gasteiger partial charge in [0.2, 0.25) is 5.91 Å². The van der Waals surface area contributed by atoms with Crippen LogP contribution < -0.4 is 10.8 Å². The second kappa shape index (κ2) is 3.77. The first kappa shape index (κ1) is 11.2. The summed E-state index contributed by atoms with van der Waals surface area (Å²) in [7, 11) is 5.82. The van der Waals surface area contributed by atoms with Crippen LogP contribution in [-0.2, 0) is 10.2 Å². The summed E-state index contributed by atoms with van der Waals surface area (Å²) in [5, 5.41) is 11.8. The average Bonchev–Trinajstić information content (AvgIpc) is 2.64. The molecule has 2 aliphatic rings. The third kappa shape index (κ3) is 1.42. The lowest BCUT2D eigenvalue weighted by Gasteiger charge is -2.35. The summed E-state index contributed by atoms with van der Waals surface area (Å²) in [4.78, 5) is 14.0. The number of carbonyl (C=O) groups is 1. The Labute approximate surface area is 107 Å². The molecule has 0 saturated carbocycles. The molecule has 1 spiro atoms. The van der Waals surface area contributed by atoms with Crippen molar-refractivity contribution in [3.63, 3.8) is 0 Å². The van der Waals surface area contributed by atoms with Crippen molar-refractivity contribution in [1.29, 1.82) is 5.26 Å². The topological polar surface area (TPSA) is 56.1 Å². The summed E-state index contributed by atoms with van der Waals surface area (Å²) in [6.45, 7) is 1.25. The van der Waals surface area contributed by atoms with Gasteiger partial charge in [-0.3, -0.25) is 4.79 Å². The Kier molecular flexibility index (Phi) is 2.34. The van der Waals surface area contributed by atoms with Crippen LogP contribution in [0.25, 0.3) is 0 Å². The van der Waals surface area contributed by atoms with Gasteiger partial charge < -0.3 is 10.2 Å². The number of nitrogens with zero attached hydrogens (tertiary/aromatic N) is 2. The predicted molar refractivity (Wildman–Crippen MR) is 68.6 cm³/mol. The zero-order valence-electron chi connectivity index (χ0n) is 9.94. The molecule has 3 rings (SSSR count). The quantitative estimate of drug-likeness (QED) is 0.519. The Morgan fingerprint density at radius 1 is 1.39 bits per heavy atom. The van der Waals surface area contributed by atoms with Crippen molar-refractivity contribution in [3.8, 4) is 6.19 Å². The van der Waals surface area contributed by atoms with E-state index in [0.717, 1.165) is 11.3 Å². The van der Waals surface area contributed by atoms with E-state index in [-0.39, 0.29) is 5.91 Å². The first-order chi connectivity index (χ1) is 8.65. The number of piperidine rings is 1. The molecule has 1 aromatic rings. The summed E-state index contributed by atoms with van der Waals surface area (Å²) >= 11 is 0. The van der Waals surface area contributed by atoms with E-state index in [9.17, 15) is 4.79 Å². The van der Waals surface area contributed by atoms with Crippen LogP contribution in [0.1, 0.15) is 18.4 Å². The fourth-order valence-corrected chi connectivity index (χ4v) is 2.92. The van der Waals surface area contributed by atoms with Gasteiger partial charge >= 0.3 is 0 Å². The molecule has 1 amide bonds. The molecule has 0 unspecified atom stereocenters. The van der Waals surface area contributed by atoms with Gasteiger partial charge in [-0.15, -0.1) is 0 Å². The average molecular weight is 237 g/mol. The highest BCUT2D eigenvalue weighted by molar-refractivity contribution is 6.32. The maximum Gasteiger partial charge on any atom is 0.235 e. The minimum Gasteiger partial charge on any atom is -0.325 e. The number of nitriles is 1. The van der Waals surface area contributed by atoms with E-state index >= 15 is 0 Å². The maximum absolute atomic E-state index is 12.3. The Hall–Kier alpha value is -1.96. The lowest BCUT2D eigenvalue weighted by atomic mass is 9.72. The SMILES string of the molecule is [B]c1ccc2c(c1)C1(CCN(C#N)CC1)C(=O)N2. The summed E-state index contributed by atoms with van der Waals surface area (Å²) in [5.41, 5.74) is 2.04. The molecular weight excluding hydrogens is 225 g/mol. The molecule has 18 heavy (non-hydrogen) atoms. The molecule has 0 bridgehead atoms. The van der Waals surface area contributed by atoms with Gasteiger partial charge in [-0.2, -0.15) is 5.26 Å². The van der Waals surface area contributed by atoms with Gasteiger partial charge in [0.15, 0.2) is 6.19 Å². The van der Waals surface area contributed by atoms with Crippen molar-refractivity contribution < 1.29 is 4.79 Å². The first-order valence-electron chi connectivity index (χ1n) is 6.02.